The lowest BCUT2D eigenvalue weighted by molar-refractivity contribution is -0.136. The number of hydrogen-bond donors (Lipinski definition) is 2. The maximum Gasteiger partial charge on any atom is 0.317 e. The molecule has 3 nitrogen and oxygen atoms in total. The van der Waals surface area contributed by atoms with Crippen LogP contribution in [0.2, 0.25) is 0 Å². The Kier molecular flexibility index (Phi) is 16.4. The average Bonchev–Trinajstić information content (AvgIpc) is 2.50. The lowest BCUT2D eigenvalue weighted by Gasteiger charge is -2.17. The van der Waals surface area contributed by atoms with E-state index in [1.165, 1.54) is 77.0 Å². The Morgan fingerprint density at radius 2 is 1.18 bits per heavy atom. The molecule has 0 aromatic heterocycles. The minimum atomic E-state index is -0.740. The van der Waals surface area contributed by atoms with Gasteiger partial charge < -0.3 is 10.4 Å². The Morgan fingerprint density at radius 1 is 0.773 bits per heavy atom. The first-order valence-electron chi connectivity index (χ1n) is 9.65. The van der Waals surface area contributed by atoms with Crippen molar-refractivity contribution in [1.29, 1.82) is 0 Å². The minimum Gasteiger partial charge on any atom is -0.480 e. The van der Waals surface area contributed by atoms with E-state index in [9.17, 15) is 4.79 Å². The Balaban J connectivity index is 3.72. The van der Waals surface area contributed by atoms with Crippen LogP contribution >= 0.6 is 0 Å². The first kappa shape index (κ1) is 21.4. The first-order valence-corrected chi connectivity index (χ1v) is 9.65. The predicted octanol–water partition coefficient (Wildman–Crippen LogP) is 5.53. The standard InChI is InChI=1S/C19H39NO2/c1-3-5-7-9-11-13-15-18(20-17-19(21)22)16-14-12-10-8-6-4-2/h18,20H,3-17H2,1-2H3,(H,21,22). The van der Waals surface area contributed by atoms with E-state index in [1.54, 1.807) is 0 Å². The van der Waals surface area contributed by atoms with Crippen molar-refractivity contribution in [2.24, 2.45) is 0 Å². The van der Waals surface area contributed by atoms with Crippen LogP contribution in [-0.4, -0.2) is 23.7 Å². The van der Waals surface area contributed by atoms with Gasteiger partial charge in [0.15, 0.2) is 0 Å². The van der Waals surface area contributed by atoms with Gasteiger partial charge in [0.1, 0.15) is 0 Å². The molecule has 0 amide bonds. The van der Waals surface area contributed by atoms with Gasteiger partial charge in [0, 0.05) is 6.04 Å². The molecule has 0 aromatic carbocycles. The Labute approximate surface area is 138 Å². The molecule has 0 heterocycles. The molecule has 0 bridgehead atoms. The van der Waals surface area contributed by atoms with Crippen molar-refractivity contribution >= 4 is 5.97 Å². The fourth-order valence-electron chi connectivity index (χ4n) is 2.92. The van der Waals surface area contributed by atoms with Gasteiger partial charge in [0.25, 0.3) is 0 Å². The van der Waals surface area contributed by atoms with E-state index in [2.05, 4.69) is 19.2 Å². The van der Waals surface area contributed by atoms with E-state index in [0.29, 0.717) is 6.04 Å². The van der Waals surface area contributed by atoms with E-state index < -0.39 is 5.97 Å². The molecule has 0 atom stereocenters. The van der Waals surface area contributed by atoms with Crippen molar-refractivity contribution in [1.82, 2.24) is 5.32 Å². The van der Waals surface area contributed by atoms with Crippen molar-refractivity contribution in [3.05, 3.63) is 0 Å². The van der Waals surface area contributed by atoms with E-state index in [-0.39, 0.29) is 6.54 Å². The smallest absolute Gasteiger partial charge is 0.317 e. The second kappa shape index (κ2) is 16.8. The number of aliphatic carboxylic acids is 1. The van der Waals surface area contributed by atoms with Crippen molar-refractivity contribution in [3.8, 4) is 0 Å². The van der Waals surface area contributed by atoms with Gasteiger partial charge in [-0.25, -0.2) is 0 Å². The summed E-state index contributed by atoms with van der Waals surface area (Å²) < 4.78 is 0. The van der Waals surface area contributed by atoms with Gasteiger partial charge >= 0.3 is 5.97 Å². The molecular formula is C19H39NO2. The highest BCUT2D eigenvalue weighted by molar-refractivity contribution is 5.69. The summed E-state index contributed by atoms with van der Waals surface area (Å²) in [5.74, 6) is -0.740. The highest BCUT2D eigenvalue weighted by atomic mass is 16.4. The molecule has 0 aliphatic rings. The largest absolute Gasteiger partial charge is 0.480 e. The molecule has 3 heteroatoms. The van der Waals surface area contributed by atoms with Crippen molar-refractivity contribution in [2.45, 2.75) is 110 Å². The molecule has 0 saturated heterocycles. The summed E-state index contributed by atoms with van der Waals surface area (Å²) in [6.45, 7) is 4.59. The third-order valence-corrected chi connectivity index (χ3v) is 4.35. The van der Waals surface area contributed by atoms with Crippen molar-refractivity contribution in [2.75, 3.05) is 6.54 Å². The highest BCUT2D eigenvalue weighted by Gasteiger charge is 2.09. The number of hydrogen-bond acceptors (Lipinski definition) is 2. The van der Waals surface area contributed by atoms with Crippen LogP contribution in [0.3, 0.4) is 0 Å². The summed E-state index contributed by atoms with van der Waals surface area (Å²) >= 11 is 0. The summed E-state index contributed by atoms with van der Waals surface area (Å²) in [5.41, 5.74) is 0. The molecule has 132 valence electrons. The fourth-order valence-corrected chi connectivity index (χ4v) is 2.92. The maximum atomic E-state index is 10.7. The molecule has 0 aliphatic carbocycles. The normalized spacial score (nSPS) is 11.2. The van der Waals surface area contributed by atoms with Crippen LogP contribution in [0.25, 0.3) is 0 Å². The number of carboxylic acids is 1. The zero-order chi connectivity index (χ0) is 16.5. The predicted molar refractivity (Wildman–Crippen MR) is 95.4 cm³/mol. The number of unbranched alkanes of at least 4 members (excludes halogenated alkanes) is 10. The third kappa shape index (κ3) is 15.8. The molecule has 0 radical (unpaired) electrons. The Morgan fingerprint density at radius 3 is 1.59 bits per heavy atom. The lowest BCUT2D eigenvalue weighted by atomic mass is 10.00. The third-order valence-electron chi connectivity index (χ3n) is 4.35. The van der Waals surface area contributed by atoms with E-state index >= 15 is 0 Å². The van der Waals surface area contributed by atoms with Crippen LogP contribution in [0, 0.1) is 0 Å². The van der Waals surface area contributed by atoms with E-state index in [4.69, 9.17) is 5.11 Å². The molecule has 0 spiro atoms. The Hall–Kier alpha value is -0.570. The van der Waals surface area contributed by atoms with Crippen LogP contribution in [0.1, 0.15) is 104 Å². The number of nitrogens with one attached hydrogen (secondary N) is 1. The number of carbonyl (C=O) groups is 1. The summed E-state index contributed by atoms with van der Waals surface area (Å²) in [6, 6.07) is 0.397. The zero-order valence-corrected chi connectivity index (χ0v) is 15.0. The van der Waals surface area contributed by atoms with Crippen molar-refractivity contribution in [3.63, 3.8) is 0 Å². The molecule has 0 unspecified atom stereocenters. The molecule has 0 aliphatic heterocycles. The molecular weight excluding hydrogens is 274 g/mol. The minimum absolute atomic E-state index is 0.107. The van der Waals surface area contributed by atoms with E-state index in [0.717, 1.165) is 12.8 Å². The van der Waals surface area contributed by atoms with Crippen molar-refractivity contribution < 1.29 is 9.90 Å². The SMILES string of the molecule is CCCCCCCCC(CCCCCCCC)NCC(=O)O. The second-order valence-electron chi connectivity index (χ2n) is 6.58. The molecule has 0 fully saturated rings. The quantitative estimate of drug-likeness (QED) is 0.347. The monoisotopic (exact) mass is 313 g/mol. The Bertz CT molecular complexity index is 228. The first-order chi connectivity index (χ1) is 10.7. The van der Waals surface area contributed by atoms with Crippen LogP contribution in [-0.2, 0) is 4.79 Å². The van der Waals surface area contributed by atoms with Gasteiger partial charge in [-0.1, -0.05) is 90.9 Å². The highest BCUT2D eigenvalue weighted by Crippen LogP contribution is 2.14. The number of carboxylic acid groups (broad SMARTS) is 1. The van der Waals surface area contributed by atoms with Crippen LogP contribution in [0.15, 0.2) is 0 Å². The summed E-state index contributed by atoms with van der Waals surface area (Å²) in [4.78, 5) is 10.7. The van der Waals surface area contributed by atoms with Gasteiger partial charge in [-0.15, -0.1) is 0 Å². The fraction of sp³-hybridized carbons (Fsp3) is 0.947. The van der Waals surface area contributed by atoms with Crippen LogP contribution in [0.4, 0.5) is 0 Å². The van der Waals surface area contributed by atoms with Gasteiger partial charge in [-0.3, -0.25) is 4.79 Å². The summed E-state index contributed by atoms with van der Waals surface area (Å²) in [6.07, 6.45) is 18.0. The average molecular weight is 314 g/mol. The van der Waals surface area contributed by atoms with Crippen LogP contribution in [0.5, 0.6) is 0 Å². The number of rotatable bonds is 17. The summed E-state index contributed by atoms with van der Waals surface area (Å²) in [7, 11) is 0. The van der Waals surface area contributed by atoms with Gasteiger partial charge in [-0.05, 0) is 12.8 Å². The summed E-state index contributed by atoms with van der Waals surface area (Å²) in [5, 5.41) is 12.1. The van der Waals surface area contributed by atoms with Crippen LogP contribution < -0.4 is 5.32 Å². The van der Waals surface area contributed by atoms with E-state index in [1.807, 2.05) is 0 Å². The second-order valence-corrected chi connectivity index (χ2v) is 6.58. The topological polar surface area (TPSA) is 49.3 Å². The lowest BCUT2D eigenvalue weighted by Crippen LogP contribution is -2.33. The molecule has 2 N–H and O–H groups in total. The van der Waals surface area contributed by atoms with Gasteiger partial charge in [-0.2, -0.15) is 0 Å². The molecule has 0 rings (SSSR count). The molecule has 22 heavy (non-hydrogen) atoms. The molecule has 0 aromatic rings. The van der Waals surface area contributed by atoms with Gasteiger partial charge in [0.2, 0.25) is 0 Å². The zero-order valence-electron chi connectivity index (χ0n) is 15.0. The maximum absolute atomic E-state index is 10.7. The molecule has 0 saturated carbocycles. The van der Waals surface area contributed by atoms with Gasteiger partial charge in [0.05, 0.1) is 6.54 Å².